The number of carbonyl (C=O) groups excluding carboxylic acids is 1. The van der Waals surface area contributed by atoms with Crippen molar-refractivity contribution in [2.24, 2.45) is 0 Å². The maximum atomic E-state index is 12.4. The van der Waals surface area contributed by atoms with Crippen LogP contribution in [0.5, 0.6) is 0 Å². The first-order valence-electron chi connectivity index (χ1n) is 7.05. The quantitative estimate of drug-likeness (QED) is 0.794. The highest BCUT2D eigenvalue weighted by atomic mass is 16.7. The molecule has 2 heterocycles. The molecule has 0 N–H and O–H groups in total. The Hall–Kier alpha value is -2.08. The predicted molar refractivity (Wildman–Crippen MR) is 80.4 cm³/mol. The fraction of sp³-hybridized carbons (Fsp3) is 0.467. The normalized spacial score (nSPS) is 10.9. The van der Waals surface area contributed by atoms with E-state index in [1.54, 1.807) is 11.7 Å². The summed E-state index contributed by atoms with van der Waals surface area (Å²) in [6.07, 6.45) is 0.905. The lowest BCUT2D eigenvalue weighted by molar-refractivity contribution is -0.0763. The lowest BCUT2D eigenvalue weighted by Crippen LogP contribution is -2.27. The molecule has 1 amide bonds. The summed E-state index contributed by atoms with van der Waals surface area (Å²) in [6.45, 7) is 6.79. The monoisotopic (exact) mass is 290 g/mol. The summed E-state index contributed by atoms with van der Waals surface area (Å²) in [5, 5.41) is 5.79. The molecule has 0 bridgehead atoms. The first-order chi connectivity index (χ1) is 9.99. The number of carbonyl (C=O) groups is 1. The van der Waals surface area contributed by atoms with Crippen LogP contribution in [0.2, 0.25) is 0 Å². The van der Waals surface area contributed by atoms with Gasteiger partial charge in [-0.2, -0.15) is 5.10 Å². The minimum atomic E-state index is -0.202. The molecule has 21 heavy (non-hydrogen) atoms. The Morgan fingerprint density at radius 3 is 2.48 bits per heavy atom. The van der Waals surface area contributed by atoms with E-state index in [4.69, 9.17) is 4.84 Å². The lowest BCUT2D eigenvalue weighted by Gasteiger charge is -2.13. The van der Waals surface area contributed by atoms with E-state index in [1.165, 1.54) is 12.2 Å². The molecule has 0 unspecified atom stereocenters. The molecule has 0 fully saturated rings. The number of nitrogens with zero attached hydrogens (tertiary/aromatic N) is 4. The number of aryl methyl sites for hydroxylation is 3. The van der Waals surface area contributed by atoms with Gasteiger partial charge in [-0.25, -0.2) is 5.06 Å². The Morgan fingerprint density at radius 1 is 1.33 bits per heavy atom. The summed E-state index contributed by atoms with van der Waals surface area (Å²) in [4.78, 5) is 17.3. The number of hydrogen-bond acceptors (Lipinski definition) is 3. The van der Waals surface area contributed by atoms with Gasteiger partial charge in [0.25, 0.3) is 5.91 Å². The SMILES string of the molecule is CCCn1nc(-n2c(C)ccc2C)cc1C(=O)N(C)OC. The number of aromatic nitrogens is 3. The van der Waals surface area contributed by atoms with Gasteiger partial charge in [-0.1, -0.05) is 6.92 Å². The van der Waals surface area contributed by atoms with Crippen LogP contribution >= 0.6 is 0 Å². The Labute approximate surface area is 124 Å². The molecule has 6 nitrogen and oxygen atoms in total. The summed E-state index contributed by atoms with van der Waals surface area (Å²) < 4.78 is 3.78. The van der Waals surface area contributed by atoms with Crippen molar-refractivity contribution >= 4 is 5.91 Å². The molecule has 0 spiro atoms. The van der Waals surface area contributed by atoms with Gasteiger partial charge in [-0.3, -0.25) is 14.3 Å². The Morgan fingerprint density at radius 2 is 1.95 bits per heavy atom. The van der Waals surface area contributed by atoms with E-state index < -0.39 is 0 Å². The van der Waals surface area contributed by atoms with Crippen molar-refractivity contribution in [3.63, 3.8) is 0 Å². The van der Waals surface area contributed by atoms with Crippen molar-refractivity contribution in [2.45, 2.75) is 33.7 Å². The van der Waals surface area contributed by atoms with Crippen LogP contribution in [0.4, 0.5) is 0 Å². The van der Waals surface area contributed by atoms with Crippen molar-refractivity contribution in [3.05, 3.63) is 35.3 Å². The largest absolute Gasteiger partial charge is 0.302 e. The molecule has 0 saturated carbocycles. The third-order valence-corrected chi connectivity index (χ3v) is 3.48. The van der Waals surface area contributed by atoms with Gasteiger partial charge in [-0.05, 0) is 32.4 Å². The minimum Gasteiger partial charge on any atom is -0.302 e. The smallest absolute Gasteiger partial charge is 0.295 e. The van der Waals surface area contributed by atoms with E-state index in [0.29, 0.717) is 12.2 Å². The fourth-order valence-corrected chi connectivity index (χ4v) is 2.34. The predicted octanol–water partition coefficient (Wildman–Crippen LogP) is 2.33. The highest BCUT2D eigenvalue weighted by Gasteiger charge is 2.20. The van der Waals surface area contributed by atoms with Gasteiger partial charge in [-0.15, -0.1) is 0 Å². The van der Waals surface area contributed by atoms with Crippen molar-refractivity contribution in [1.82, 2.24) is 19.4 Å². The van der Waals surface area contributed by atoms with E-state index in [-0.39, 0.29) is 5.91 Å². The van der Waals surface area contributed by atoms with Gasteiger partial charge in [0.05, 0.1) is 7.11 Å². The summed E-state index contributed by atoms with van der Waals surface area (Å²) >= 11 is 0. The van der Waals surface area contributed by atoms with Crippen LogP contribution in [0, 0.1) is 13.8 Å². The van der Waals surface area contributed by atoms with Gasteiger partial charge >= 0.3 is 0 Å². The minimum absolute atomic E-state index is 0.202. The number of rotatable bonds is 5. The molecule has 2 aromatic heterocycles. The second-order valence-electron chi connectivity index (χ2n) is 5.05. The number of hydroxylamine groups is 2. The molecular formula is C15H22N4O2. The van der Waals surface area contributed by atoms with E-state index in [1.807, 2.05) is 36.6 Å². The van der Waals surface area contributed by atoms with Gasteiger partial charge in [0.1, 0.15) is 5.69 Å². The fourth-order valence-electron chi connectivity index (χ4n) is 2.34. The first kappa shape index (κ1) is 15.3. The molecule has 0 aliphatic heterocycles. The van der Waals surface area contributed by atoms with Crippen LogP contribution in [0.25, 0.3) is 5.82 Å². The zero-order valence-electron chi connectivity index (χ0n) is 13.3. The molecule has 0 saturated heterocycles. The average molecular weight is 290 g/mol. The Bertz CT molecular complexity index is 623. The average Bonchev–Trinajstić information content (AvgIpc) is 3.01. The van der Waals surface area contributed by atoms with E-state index in [2.05, 4.69) is 12.0 Å². The van der Waals surface area contributed by atoms with E-state index in [9.17, 15) is 4.79 Å². The maximum Gasteiger partial charge on any atom is 0.295 e. The maximum absolute atomic E-state index is 12.4. The van der Waals surface area contributed by atoms with Gasteiger partial charge in [0.15, 0.2) is 5.82 Å². The molecular weight excluding hydrogens is 268 g/mol. The molecule has 0 aromatic carbocycles. The van der Waals surface area contributed by atoms with Crippen LogP contribution in [-0.4, -0.2) is 39.5 Å². The third kappa shape index (κ3) is 2.85. The van der Waals surface area contributed by atoms with Crippen LogP contribution in [-0.2, 0) is 11.4 Å². The highest BCUT2D eigenvalue weighted by Crippen LogP contribution is 2.17. The Kier molecular flexibility index (Phi) is 4.47. The summed E-state index contributed by atoms with van der Waals surface area (Å²) in [5.41, 5.74) is 2.71. The number of amides is 1. The van der Waals surface area contributed by atoms with E-state index >= 15 is 0 Å². The van der Waals surface area contributed by atoms with Crippen molar-refractivity contribution in [1.29, 1.82) is 0 Å². The second-order valence-corrected chi connectivity index (χ2v) is 5.05. The molecule has 2 aromatic rings. The zero-order chi connectivity index (χ0) is 15.6. The third-order valence-electron chi connectivity index (χ3n) is 3.48. The summed E-state index contributed by atoms with van der Waals surface area (Å²) in [6, 6.07) is 5.89. The Balaban J connectivity index is 2.49. The van der Waals surface area contributed by atoms with Gasteiger partial charge in [0.2, 0.25) is 0 Å². The highest BCUT2D eigenvalue weighted by molar-refractivity contribution is 5.92. The van der Waals surface area contributed by atoms with Crippen molar-refractivity contribution in [3.8, 4) is 5.82 Å². The van der Waals surface area contributed by atoms with Crippen LogP contribution in [0.3, 0.4) is 0 Å². The molecule has 0 radical (unpaired) electrons. The first-order valence-corrected chi connectivity index (χ1v) is 7.05. The molecule has 2 rings (SSSR count). The molecule has 0 aliphatic rings. The molecule has 114 valence electrons. The molecule has 0 atom stereocenters. The summed E-state index contributed by atoms with van der Waals surface area (Å²) in [7, 11) is 3.07. The van der Waals surface area contributed by atoms with Crippen LogP contribution in [0.15, 0.2) is 18.2 Å². The molecule has 0 aliphatic carbocycles. The van der Waals surface area contributed by atoms with Crippen molar-refractivity contribution in [2.75, 3.05) is 14.2 Å². The van der Waals surface area contributed by atoms with Gasteiger partial charge < -0.3 is 4.57 Å². The summed E-state index contributed by atoms with van der Waals surface area (Å²) in [5.74, 6) is 0.559. The van der Waals surface area contributed by atoms with Gasteiger partial charge in [0, 0.05) is 31.0 Å². The van der Waals surface area contributed by atoms with Crippen LogP contribution in [0.1, 0.15) is 35.2 Å². The number of hydrogen-bond donors (Lipinski definition) is 0. The standard InChI is InChI=1S/C15H22N4O2/c1-6-9-18-13(15(20)17(4)21-5)10-14(16-18)19-11(2)7-8-12(19)3/h7-8,10H,6,9H2,1-5H3. The lowest BCUT2D eigenvalue weighted by atomic mass is 10.3. The van der Waals surface area contributed by atoms with Crippen molar-refractivity contribution < 1.29 is 9.63 Å². The van der Waals surface area contributed by atoms with E-state index in [0.717, 1.165) is 23.6 Å². The zero-order valence-corrected chi connectivity index (χ0v) is 13.3. The van der Waals surface area contributed by atoms with Crippen LogP contribution < -0.4 is 0 Å². The second kappa shape index (κ2) is 6.13. The topological polar surface area (TPSA) is 52.3 Å². The molecule has 6 heteroatoms.